The normalized spacial score (nSPS) is 42.0. The van der Waals surface area contributed by atoms with Gasteiger partial charge in [0.05, 0.1) is 11.4 Å². The predicted molar refractivity (Wildman–Crippen MR) is 46.1 cm³/mol. The minimum Gasteiger partial charge on any atom is -0.398 e. The van der Waals surface area contributed by atoms with Crippen LogP contribution in [0.1, 0.15) is 0 Å². The molecule has 0 aliphatic heterocycles. The molecule has 0 saturated heterocycles. The molecular formula is C6H8Cl2N2O2. The lowest BCUT2D eigenvalue weighted by molar-refractivity contribution is 0.175. The van der Waals surface area contributed by atoms with E-state index >= 15 is 0 Å². The fourth-order valence-electron chi connectivity index (χ4n) is 0.781. The summed E-state index contributed by atoms with van der Waals surface area (Å²) in [5.74, 6) is 0. The van der Waals surface area contributed by atoms with Gasteiger partial charge in [0.25, 0.3) is 0 Å². The molecule has 2 atom stereocenters. The lowest BCUT2D eigenvalue weighted by atomic mass is 10.0. The highest BCUT2D eigenvalue weighted by molar-refractivity contribution is 6.29. The lowest BCUT2D eigenvalue weighted by Gasteiger charge is -2.29. The molecule has 4 nitrogen and oxygen atoms in total. The summed E-state index contributed by atoms with van der Waals surface area (Å²) in [7, 11) is 0. The molecule has 6 heteroatoms. The Labute approximate surface area is 79.1 Å². The molecule has 0 amide bonds. The highest BCUT2D eigenvalue weighted by Gasteiger charge is 2.37. The predicted octanol–water partition coefficient (Wildman–Crippen LogP) is -0.460. The third-order valence-electron chi connectivity index (χ3n) is 1.50. The molecule has 0 aromatic heterocycles. The fourth-order valence-corrected chi connectivity index (χ4v) is 1.13. The second kappa shape index (κ2) is 2.53. The first-order chi connectivity index (χ1) is 5.26. The molecule has 0 saturated carbocycles. The summed E-state index contributed by atoms with van der Waals surface area (Å²) in [6.07, 6.45) is 1.97. The Balaban J connectivity index is 3.13. The van der Waals surface area contributed by atoms with Gasteiger partial charge in [-0.2, -0.15) is 0 Å². The maximum absolute atomic E-state index is 9.29. The molecule has 0 spiro atoms. The number of hydrogen-bond acceptors (Lipinski definition) is 4. The van der Waals surface area contributed by atoms with Gasteiger partial charge in [0.1, 0.15) is 0 Å². The van der Waals surface area contributed by atoms with Gasteiger partial charge in [0.15, 0.2) is 10.1 Å². The Kier molecular flexibility index (Phi) is 2.04. The van der Waals surface area contributed by atoms with Crippen molar-refractivity contribution in [3.05, 3.63) is 23.5 Å². The van der Waals surface area contributed by atoms with Gasteiger partial charge in [-0.3, -0.25) is 0 Å². The molecule has 0 fully saturated rings. The van der Waals surface area contributed by atoms with Gasteiger partial charge in [0.2, 0.25) is 0 Å². The van der Waals surface area contributed by atoms with E-state index in [4.69, 9.17) is 34.7 Å². The molecule has 12 heavy (non-hydrogen) atoms. The van der Waals surface area contributed by atoms with Crippen molar-refractivity contribution in [3.8, 4) is 0 Å². The minimum absolute atomic E-state index is 0.157. The van der Waals surface area contributed by atoms with Gasteiger partial charge < -0.3 is 21.7 Å². The third kappa shape index (κ3) is 1.51. The number of rotatable bonds is 0. The summed E-state index contributed by atoms with van der Waals surface area (Å²) in [6, 6.07) is 0. The Morgan fingerprint density at radius 2 is 1.25 bits per heavy atom. The highest BCUT2D eigenvalue weighted by atomic mass is 35.5. The maximum atomic E-state index is 9.29. The van der Waals surface area contributed by atoms with Gasteiger partial charge in [-0.1, -0.05) is 23.2 Å². The van der Waals surface area contributed by atoms with Crippen LogP contribution in [0.25, 0.3) is 0 Å². The molecule has 1 aliphatic rings. The summed E-state index contributed by atoms with van der Waals surface area (Å²) >= 11 is 11.0. The zero-order valence-electron chi connectivity index (χ0n) is 5.96. The van der Waals surface area contributed by atoms with E-state index in [1.54, 1.807) is 0 Å². The largest absolute Gasteiger partial charge is 0.398 e. The average molecular weight is 211 g/mol. The van der Waals surface area contributed by atoms with Crippen molar-refractivity contribution < 1.29 is 10.2 Å². The smallest absolute Gasteiger partial charge is 0.199 e. The third-order valence-corrected chi connectivity index (χ3v) is 2.16. The first-order valence-electron chi connectivity index (χ1n) is 3.06. The Hall–Kier alpha value is -0.420. The number of nitrogens with two attached hydrogens (primary N) is 2. The molecule has 1 aliphatic carbocycles. The van der Waals surface area contributed by atoms with Crippen LogP contribution in [0.3, 0.4) is 0 Å². The molecular weight excluding hydrogens is 203 g/mol. The SMILES string of the molecule is NC1=CC(O)(Cl)C(N)=CC1(O)Cl. The summed E-state index contributed by atoms with van der Waals surface area (Å²) in [6.45, 7) is 0. The van der Waals surface area contributed by atoms with Gasteiger partial charge >= 0.3 is 0 Å². The topological polar surface area (TPSA) is 92.5 Å². The van der Waals surface area contributed by atoms with Crippen LogP contribution in [0.5, 0.6) is 0 Å². The van der Waals surface area contributed by atoms with Gasteiger partial charge in [-0.25, -0.2) is 0 Å². The quantitative estimate of drug-likeness (QED) is 0.408. The standard InChI is InChI=1S/C6H8Cl2N2O2/c7-5(11)1-3(9)6(8,12)2-4(5)10/h1-2,11-12H,9-10H2. The molecule has 0 aromatic carbocycles. The molecule has 2 unspecified atom stereocenters. The van der Waals surface area contributed by atoms with E-state index in [1.807, 2.05) is 0 Å². The zero-order valence-corrected chi connectivity index (χ0v) is 7.47. The molecule has 6 N–H and O–H groups in total. The highest BCUT2D eigenvalue weighted by Crippen LogP contribution is 2.33. The van der Waals surface area contributed by atoms with Gasteiger partial charge in [-0.15, -0.1) is 0 Å². The van der Waals surface area contributed by atoms with E-state index in [-0.39, 0.29) is 11.4 Å². The van der Waals surface area contributed by atoms with Crippen LogP contribution in [0.2, 0.25) is 0 Å². The molecule has 1 rings (SSSR count). The molecule has 0 radical (unpaired) electrons. The van der Waals surface area contributed by atoms with Crippen molar-refractivity contribution in [3.63, 3.8) is 0 Å². The summed E-state index contributed by atoms with van der Waals surface area (Å²) in [5, 5.41) is 14.9. The first kappa shape index (κ1) is 9.67. The summed E-state index contributed by atoms with van der Waals surface area (Å²) in [5.41, 5.74) is 10.3. The van der Waals surface area contributed by atoms with Crippen LogP contribution >= 0.6 is 23.2 Å². The zero-order chi connectivity index (χ0) is 9.57. The minimum atomic E-state index is -1.86. The van der Waals surface area contributed by atoms with E-state index in [1.165, 1.54) is 0 Å². The molecule has 0 heterocycles. The maximum Gasteiger partial charge on any atom is 0.199 e. The number of alkyl halides is 2. The lowest BCUT2D eigenvalue weighted by Crippen LogP contribution is -2.40. The van der Waals surface area contributed by atoms with Crippen molar-refractivity contribution >= 4 is 23.2 Å². The fraction of sp³-hybridized carbons (Fsp3) is 0.333. The average Bonchev–Trinajstić information content (AvgIpc) is 1.82. The van der Waals surface area contributed by atoms with Crippen molar-refractivity contribution in [2.75, 3.05) is 0 Å². The van der Waals surface area contributed by atoms with Gasteiger partial charge in [-0.05, 0) is 12.2 Å². The van der Waals surface area contributed by atoms with Crippen molar-refractivity contribution in [2.24, 2.45) is 11.5 Å². The van der Waals surface area contributed by atoms with E-state index in [9.17, 15) is 10.2 Å². The Morgan fingerprint density at radius 1 is 1.00 bits per heavy atom. The van der Waals surface area contributed by atoms with Crippen LogP contribution in [-0.4, -0.2) is 20.3 Å². The van der Waals surface area contributed by atoms with Crippen molar-refractivity contribution in [1.29, 1.82) is 0 Å². The van der Waals surface area contributed by atoms with Crippen molar-refractivity contribution in [1.82, 2.24) is 0 Å². The summed E-state index contributed by atoms with van der Waals surface area (Å²) < 4.78 is 0. The number of aliphatic hydroxyl groups is 2. The van der Waals surface area contributed by atoms with Crippen LogP contribution < -0.4 is 11.5 Å². The second-order valence-electron chi connectivity index (χ2n) is 2.55. The van der Waals surface area contributed by atoms with Crippen LogP contribution in [0.4, 0.5) is 0 Å². The number of hydrogen-bond donors (Lipinski definition) is 4. The van der Waals surface area contributed by atoms with E-state index in [0.29, 0.717) is 0 Å². The molecule has 0 bridgehead atoms. The first-order valence-corrected chi connectivity index (χ1v) is 3.81. The number of halogens is 2. The van der Waals surface area contributed by atoms with Crippen LogP contribution in [0, 0.1) is 0 Å². The monoisotopic (exact) mass is 210 g/mol. The Bertz CT molecular complexity index is 243. The van der Waals surface area contributed by atoms with Crippen LogP contribution in [-0.2, 0) is 0 Å². The van der Waals surface area contributed by atoms with E-state index in [0.717, 1.165) is 12.2 Å². The molecule has 0 aromatic rings. The Morgan fingerprint density at radius 3 is 1.50 bits per heavy atom. The van der Waals surface area contributed by atoms with E-state index < -0.39 is 10.1 Å². The second-order valence-corrected chi connectivity index (χ2v) is 3.70. The van der Waals surface area contributed by atoms with Crippen LogP contribution in [0.15, 0.2) is 23.5 Å². The van der Waals surface area contributed by atoms with Gasteiger partial charge in [0, 0.05) is 0 Å². The summed E-state index contributed by atoms with van der Waals surface area (Å²) in [4.78, 5) is 0. The van der Waals surface area contributed by atoms with E-state index in [2.05, 4.69) is 0 Å². The van der Waals surface area contributed by atoms with Crippen molar-refractivity contribution in [2.45, 2.75) is 10.1 Å². The molecule has 68 valence electrons.